The van der Waals surface area contributed by atoms with Gasteiger partial charge in [0.15, 0.2) is 0 Å². The first kappa shape index (κ1) is 14.6. The Kier molecular flexibility index (Phi) is 4.42. The third-order valence-corrected chi connectivity index (χ3v) is 3.61. The number of fused-ring (bicyclic) bond motifs is 1. The van der Waals surface area contributed by atoms with Gasteiger partial charge in [-0.1, -0.05) is 30.3 Å². The van der Waals surface area contributed by atoms with E-state index in [4.69, 9.17) is 5.11 Å². The molecule has 2 aromatic carbocycles. The molecule has 1 heterocycles. The summed E-state index contributed by atoms with van der Waals surface area (Å²) in [4.78, 5) is 4.48. The quantitative estimate of drug-likeness (QED) is 0.760. The fraction of sp³-hybridized carbons (Fsp3) is 0.167. The Labute approximate surface area is 128 Å². The van der Waals surface area contributed by atoms with Crippen molar-refractivity contribution in [3.8, 4) is 0 Å². The summed E-state index contributed by atoms with van der Waals surface area (Å²) in [6, 6.07) is 16.2. The molecule has 0 aliphatic rings. The number of aromatic nitrogens is 1. The normalized spacial score (nSPS) is 12.5. The predicted octanol–water partition coefficient (Wildman–Crippen LogP) is 3.05. The van der Waals surface area contributed by atoms with E-state index in [1.807, 2.05) is 30.5 Å². The molecule has 0 unspecified atom stereocenters. The zero-order valence-electron chi connectivity index (χ0n) is 12.0. The number of pyridine rings is 1. The molecule has 4 heteroatoms. The van der Waals surface area contributed by atoms with Crippen LogP contribution < -0.4 is 5.32 Å². The smallest absolute Gasteiger partial charge is 0.123 e. The number of aliphatic hydroxyl groups is 1. The van der Waals surface area contributed by atoms with Crippen molar-refractivity contribution in [2.75, 3.05) is 13.2 Å². The molecule has 22 heavy (non-hydrogen) atoms. The third-order valence-electron chi connectivity index (χ3n) is 3.61. The van der Waals surface area contributed by atoms with Crippen LogP contribution in [0.2, 0.25) is 0 Å². The summed E-state index contributed by atoms with van der Waals surface area (Å²) in [7, 11) is 0. The van der Waals surface area contributed by atoms with E-state index < -0.39 is 0 Å². The number of halogens is 1. The van der Waals surface area contributed by atoms with Crippen molar-refractivity contribution in [3.05, 3.63) is 77.7 Å². The lowest BCUT2D eigenvalue weighted by Crippen LogP contribution is -2.25. The first-order chi connectivity index (χ1) is 10.8. The van der Waals surface area contributed by atoms with E-state index in [2.05, 4.69) is 16.4 Å². The van der Waals surface area contributed by atoms with Gasteiger partial charge < -0.3 is 10.4 Å². The molecule has 3 nitrogen and oxygen atoms in total. The SMILES string of the molecule is OCCN[C@H](c1ccc(F)cc1)c1cnc2ccccc2c1. The molecule has 2 N–H and O–H groups in total. The van der Waals surface area contributed by atoms with Gasteiger partial charge in [-0.05, 0) is 35.4 Å². The second-order valence-electron chi connectivity index (χ2n) is 5.12. The number of nitrogens with one attached hydrogen (secondary N) is 1. The average molecular weight is 296 g/mol. The Bertz CT molecular complexity index is 758. The Morgan fingerprint density at radius 2 is 1.82 bits per heavy atom. The minimum atomic E-state index is -0.263. The minimum absolute atomic E-state index is 0.0404. The summed E-state index contributed by atoms with van der Waals surface area (Å²) < 4.78 is 13.1. The standard InChI is InChI=1S/C18H17FN2O/c19-16-7-5-13(6-8-16)18(20-9-10-22)15-11-14-3-1-2-4-17(14)21-12-15/h1-8,11-12,18,20,22H,9-10H2/t18-/m1/s1. The molecule has 0 spiro atoms. The topological polar surface area (TPSA) is 45.1 Å². The van der Waals surface area contributed by atoms with E-state index in [-0.39, 0.29) is 18.5 Å². The molecule has 1 aromatic heterocycles. The second-order valence-corrected chi connectivity index (χ2v) is 5.12. The minimum Gasteiger partial charge on any atom is -0.395 e. The van der Waals surface area contributed by atoms with Gasteiger partial charge in [-0.2, -0.15) is 0 Å². The summed E-state index contributed by atoms with van der Waals surface area (Å²) in [6.07, 6.45) is 1.82. The van der Waals surface area contributed by atoms with E-state index in [1.54, 1.807) is 12.1 Å². The van der Waals surface area contributed by atoms with Crippen LogP contribution in [0.25, 0.3) is 10.9 Å². The molecule has 1 atom stereocenters. The van der Waals surface area contributed by atoms with Crippen molar-refractivity contribution in [2.24, 2.45) is 0 Å². The van der Waals surface area contributed by atoms with Crippen LogP contribution in [0.3, 0.4) is 0 Å². The van der Waals surface area contributed by atoms with Gasteiger partial charge in [-0.25, -0.2) is 4.39 Å². The largest absolute Gasteiger partial charge is 0.395 e. The van der Waals surface area contributed by atoms with Crippen molar-refractivity contribution < 1.29 is 9.50 Å². The summed E-state index contributed by atoms with van der Waals surface area (Å²) in [5.41, 5.74) is 2.86. The van der Waals surface area contributed by atoms with Crippen molar-refractivity contribution in [3.63, 3.8) is 0 Å². The molecule has 0 aliphatic carbocycles. The molecule has 112 valence electrons. The van der Waals surface area contributed by atoms with Crippen molar-refractivity contribution in [1.29, 1.82) is 0 Å². The predicted molar refractivity (Wildman–Crippen MR) is 85.1 cm³/mol. The number of para-hydroxylation sites is 1. The average Bonchev–Trinajstić information content (AvgIpc) is 2.56. The molecule has 3 rings (SSSR count). The van der Waals surface area contributed by atoms with Crippen LogP contribution in [0.1, 0.15) is 17.2 Å². The highest BCUT2D eigenvalue weighted by Gasteiger charge is 2.14. The van der Waals surface area contributed by atoms with E-state index in [1.165, 1.54) is 12.1 Å². The van der Waals surface area contributed by atoms with E-state index in [0.29, 0.717) is 6.54 Å². The second kappa shape index (κ2) is 6.64. The van der Waals surface area contributed by atoms with Gasteiger partial charge in [-0.15, -0.1) is 0 Å². The molecule has 0 saturated carbocycles. The zero-order chi connectivity index (χ0) is 15.4. The monoisotopic (exact) mass is 296 g/mol. The number of benzene rings is 2. The maximum absolute atomic E-state index is 13.1. The van der Waals surface area contributed by atoms with Crippen molar-refractivity contribution in [1.82, 2.24) is 10.3 Å². The van der Waals surface area contributed by atoms with Crippen LogP contribution in [0.15, 0.2) is 60.8 Å². The lowest BCUT2D eigenvalue weighted by Gasteiger charge is -2.19. The van der Waals surface area contributed by atoms with Crippen LogP contribution >= 0.6 is 0 Å². The molecular formula is C18H17FN2O. The van der Waals surface area contributed by atoms with Gasteiger partial charge in [-0.3, -0.25) is 4.98 Å². The van der Waals surface area contributed by atoms with Gasteiger partial charge in [0.1, 0.15) is 5.82 Å². The molecule has 0 bridgehead atoms. The molecular weight excluding hydrogens is 279 g/mol. The van der Waals surface area contributed by atoms with E-state index >= 15 is 0 Å². The summed E-state index contributed by atoms with van der Waals surface area (Å²) in [5, 5.41) is 13.4. The van der Waals surface area contributed by atoms with E-state index in [9.17, 15) is 4.39 Å². The van der Waals surface area contributed by atoms with Gasteiger partial charge in [0.25, 0.3) is 0 Å². The van der Waals surface area contributed by atoms with Gasteiger partial charge in [0.05, 0.1) is 18.2 Å². The maximum atomic E-state index is 13.1. The van der Waals surface area contributed by atoms with Crippen LogP contribution in [-0.2, 0) is 0 Å². The fourth-order valence-corrected chi connectivity index (χ4v) is 2.54. The summed E-state index contributed by atoms with van der Waals surface area (Å²) in [6.45, 7) is 0.494. The zero-order valence-corrected chi connectivity index (χ0v) is 12.0. The highest BCUT2D eigenvalue weighted by Crippen LogP contribution is 2.24. The summed E-state index contributed by atoms with van der Waals surface area (Å²) in [5.74, 6) is -0.263. The number of nitrogens with zero attached hydrogens (tertiary/aromatic N) is 1. The first-order valence-electron chi connectivity index (χ1n) is 7.22. The van der Waals surface area contributed by atoms with Crippen molar-refractivity contribution >= 4 is 10.9 Å². The molecule has 0 amide bonds. The van der Waals surface area contributed by atoms with Crippen LogP contribution in [0.4, 0.5) is 4.39 Å². The lowest BCUT2D eigenvalue weighted by atomic mass is 9.98. The van der Waals surface area contributed by atoms with Crippen molar-refractivity contribution in [2.45, 2.75) is 6.04 Å². The Hall–Kier alpha value is -2.30. The van der Waals surface area contributed by atoms with Gasteiger partial charge in [0, 0.05) is 18.1 Å². The highest BCUT2D eigenvalue weighted by atomic mass is 19.1. The molecule has 0 aliphatic heterocycles. The molecule has 0 radical (unpaired) electrons. The highest BCUT2D eigenvalue weighted by molar-refractivity contribution is 5.78. The Morgan fingerprint density at radius 1 is 1.05 bits per heavy atom. The van der Waals surface area contributed by atoms with Crippen LogP contribution in [-0.4, -0.2) is 23.2 Å². The number of rotatable bonds is 5. The molecule has 0 fully saturated rings. The maximum Gasteiger partial charge on any atom is 0.123 e. The summed E-state index contributed by atoms with van der Waals surface area (Å²) >= 11 is 0. The Morgan fingerprint density at radius 3 is 2.59 bits per heavy atom. The van der Waals surface area contributed by atoms with Crippen LogP contribution in [0, 0.1) is 5.82 Å². The molecule has 3 aromatic rings. The van der Waals surface area contributed by atoms with Crippen LogP contribution in [0.5, 0.6) is 0 Å². The van der Waals surface area contributed by atoms with E-state index in [0.717, 1.165) is 22.0 Å². The van der Waals surface area contributed by atoms with Gasteiger partial charge in [0.2, 0.25) is 0 Å². The number of hydrogen-bond acceptors (Lipinski definition) is 3. The number of hydrogen-bond donors (Lipinski definition) is 2. The third kappa shape index (κ3) is 3.13. The van der Waals surface area contributed by atoms with Gasteiger partial charge >= 0.3 is 0 Å². The molecule has 0 saturated heterocycles. The first-order valence-corrected chi connectivity index (χ1v) is 7.22. The fourth-order valence-electron chi connectivity index (χ4n) is 2.54. The number of aliphatic hydroxyl groups excluding tert-OH is 1. The Balaban J connectivity index is 2.01. The lowest BCUT2D eigenvalue weighted by molar-refractivity contribution is 0.288.